The minimum atomic E-state index is -0.425. The molecule has 6 nitrogen and oxygen atoms in total. The van der Waals surface area contributed by atoms with Crippen LogP contribution in [0.3, 0.4) is 0 Å². The van der Waals surface area contributed by atoms with Crippen molar-refractivity contribution < 1.29 is 13.9 Å². The Labute approximate surface area is 190 Å². The Kier molecular flexibility index (Phi) is 5.60. The number of halogens is 1. The van der Waals surface area contributed by atoms with E-state index < -0.39 is 5.82 Å². The predicted octanol–water partition coefficient (Wildman–Crippen LogP) is 5.38. The molecule has 166 valence electrons. The van der Waals surface area contributed by atoms with Crippen LogP contribution in [-0.4, -0.2) is 38.7 Å². The van der Waals surface area contributed by atoms with Crippen LogP contribution >= 0.6 is 0 Å². The lowest BCUT2D eigenvalue weighted by Gasteiger charge is -2.32. The summed E-state index contributed by atoms with van der Waals surface area (Å²) in [4.78, 5) is 18.2. The molecule has 1 saturated heterocycles. The summed E-state index contributed by atoms with van der Waals surface area (Å²) in [5.41, 5.74) is 1.76. The summed E-state index contributed by atoms with van der Waals surface area (Å²) < 4.78 is 22.9. The number of amides is 1. The molecule has 0 bridgehead atoms. The van der Waals surface area contributed by atoms with Crippen molar-refractivity contribution in [3.8, 4) is 22.8 Å². The van der Waals surface area contributed by atoms with E-state index in [4.69, 9.17) is 9.84 Å². The highest BCUT2D eigenvalue weighted by Gasteiger charge is 2.27. The third kappa shape index (κ3) is 4.09. The molecule has 0 unspecified atom stereocenters. The fraction of sp³-hybridized carbons (Fsp3) is 0.192. The van der Waals surface area contributed by atoms with Gasteiger partial charge in [-0.05, 0) is 49.2 Å². The zero-order valence-corrected chi connectivity index (χ0v) is 18.0. The number of nitrogens with zero attached hydrogens (tertiary/aromatic N) is 4. The minimum absolute atomic E-state index is 0.00921. The maximum absolute atomic E-state index is 15.2. The van der Waals surface area contributed by atoms with Crippen LogP contribution in [0.5, 0.6) is 11.5 Å². The maximum Gasteiger partial charge on any atom is 0.246 e. The molecule has 1 amide bonds. The lowest BCUT2D eigenvalue weighted by atomic mass is 10.1. The summed E-state index contributed by atoms with van der Waals surface area (Å²) in [6.07, 6.45) is 6.50. The van der Waals surface area contributed by atoms with E-state index in [2.05, 4.69) is 11.6 Å². The molecule has 0 radical (unpaired) electrons. The molecule has 4 aromatic rings. The number of hydrogen-bond acceptors (Lipinski definition) is 4. The summed E-state index contributed by atoms with van der Waals surface area (Å²) >= 11 is 0. The number of benzene rings is 2. The van der Waals surface area contributed by atoms with Crippen LogP contribution in [0.4, 0.5) is 4.39 Å². The van der Waals surface area contributed by atoms with Crippen molar-refractivity contribution in [1.29, 1.82) is 0 Å². The van der Waals surface area contributed by atoms with E-state index in [-0.39, 0.29) is 11.9 Å². The van der Waals surface area contributed by atoms with Crippen LogP contribution in [0.15, 0.2) is 79.6 Å². The molecule has 5 rings (SSSR count). The molecule has 33 heavy (non-hydrogen) atoms. The van der Waals surface area contributed by atoms with Gasteiger partial charge in [0.2, 0.25) is 5.91 Å². The second-order valence-corrected chi connectivity index (χ2v) is 8.03. The molecular formula is C26H23FN4O2. The number of likely N-dealkylation sites (tertiary alicyclic amines) is 1. The van der Waals surface area contributed by atoms with Crippen LogP contribution < -0.4 is 4.74 Å². The number of rotatable bonds is 5. The third-order valence-electron chi connectivity index (χ3n) is 5.91. The highest BCUT2D eigenvalue weighted by molar-refractivity contribution is 5.93. The fourth-order valence-electron chi connectivity index (χ4n) is 4.32. The number of carbonyl (C=O) groups excluding carboxylic acids is 1. The number of piperidine rings is 1. The molecule has 7 heteroatoms. The Hall–Kier alpha value is -4.00. The van der Waals surface area contributed by atoms with Gasteiger partial charge in [-0.2, -0.15) is 5.10 Å². The molecule has 2 aromatic heterocycles. The van der Waals surface area contributed by atoms with Gasteiger partial charge in [0.15, 0.2) is 0 Å². The Bertz CT molecular complexity index is 1320. The van der Waals surface area contributed by atoms with Crippen LogP contribution in [0, 0.1) is 5.82 Å². The van der Waals surface area contributed by atoms with Crippen LogP contribution in [0.2, 0.25) is 0 Å². The molecule has 3 heterocycles. The average Bonchev–Trinajstić information content (AvgIpc) is 3.24. The monoisotopic (exact) mass is 442 g/mol. The number of para-hydroxylation sites is 1. The molecule has 2 aromatic carbocycles. The Morgan fingerprint density at radius 1 is 1.15 bits per heavy atom. The Morgan fingerprint density at radius 3 is 2.79 bits per heavy atom. The largest absolute Gasteiger partial charge is 0.457 e. The van der Waals surface area contributed by atoms with Crippen LogP contribution in [-0.2, 0) is 4.79 Å². The van der Waals surface area contributed by atoms with Gasteiger partial charge in [0.1, 0.15) is 23.0 Å². The topological polar surface area (TPSA) is 60.2 Å². The van der Waals surface area contributed by atoms with Gasteiger partial charge >= 0.3 is 0 Å². The van der Waals surface area contributed by atoms with E-state index in [1.54, 1.807) is 29.4 Å². The Balaban J connectivity index is 1.50. The highest BCUT2D eigenvalue weighted by atomic mass is 19.1. The van der Waals surface area contributed by atoms with Crippen molar-refractivity contribution >= 4 is 16.8 Å². The summed E-state index contributed by atoms with van der Waals surface area (Å²) in [5.74, 6) is 0.540. The molecule has 0 N–H and O–H groups in total. The SMILES string of the molecule is C=CC(=O)N1CCC[C@@H](n2nc(-c3ccc(Oc4ccccc4)cc3F)c3cnccc32)C1. The number of aromatic nitrogens is 3. The van der Waals surface area contributed by atoms with Crippen molar-refractivity contribution in [3.05, 3.63) is 85.5 Å². The third-order valence-corrected chi connectivity index (χ3v) is 5.91. The molecule has 1 aliphatic heterocycles. The van der Waals surface area contributed by atoms with Crippen molar-refractivity contribution in [3.63, 3.8) is 0 Å². The zero-order valence-electron chi connectivity index (χ0n) is 18.0. The maximum atomic E-state index is 15.2. The van der Waals surface area contributed by atoms with E-state index >= 15 is 4.39 Å². The number of ether oxygens (including phenoxy) is 1. The summed E-state index contributed by atoms with van der Waals surface area (Å²) in [6.45, 7) is 4.83. The number of pyridine rings is 1. The van der Waals surface area contributed by atoms with Gasteiger partial charge in [0, 0.05) is 42.5 Å². The molecule has 0 aliphatic carbocycles. The van der Waals surface area contributed by atoms with Crippen molar-refractivity contribution in [1.82, 2.24) is 19.7 Å². The lowest BCUT2D eigenvalue weighted by Crippen LogP contribution is -2.40. The van der Waals surface area contributed by atoms with Gasteiger partial charge in [0.05, 0.1) is 11.6 Å². The van der Waals surface area contributed by atoms with Crippen LogP contribution in [0.1, 0.15) is 18.9 Å². The van der Waals surface area contributed by atoms with Gasteiger partial charge in [-0.15, -0.1) is 0 Å². The fourth-order valence-corrected chi connectivity index (χ4v) is 4.32. The van der Waals surface area contributed by atoms with Crippen molar-refractivity contribution in [2.45, 2.75) is 18.9 Å². The first-order chi connectivity index (χ1) is 16.1. The second-order valence-electron chi connectivity index (χ2n) is 8.03. The molecule has 1 aliphatic rings. The molecule has 1 atom stereocenters. The zero-order chi connectivity index (χ0) is 22.8. The van der Waals surface area contributed by atoms with Gasteiger partial charge < -0.3 is 9.64 Å². The first-order valence-corrected chi connectivity index (χ1v) is 10.9. The molecular weight excluding hydrogens is 419 g/mol. The molecule has 0 spiro atoms. The molecule has 0 saturated carbocycles. The van der Waals surface area contributed by atoms with E-state index in [9.17, 15) is 4.79 Å². The number of hydrogen-bond donors (Lipinski definition) is 0. The summed E-state index contributed by atoms with van der Waals surface area (Å²) in [7, 11) is 0. The first-order valence-electron chi connectivity index (χ1n) is 10.9. The highest BCUT2D eigenvalue weighted by Crippen LogP contribution is 2.35. The summed E-state index contributed by atoms with van der Waals surface area (Å²) in [6, 6.07) is 15.9. The molecule has 1 fully saturated rings. The number of fused-ring (bicyclic) bond motifs is 1. The minimum Gasteiger partial charge on any atom is -0.457 e. The van der Waals surface area contributed by atoms with E-state index in [1.165, 1.54) is 12.1 Å². The average molecular weight is 442 g/mol. The summed E-state index contributed by atoms with van der Waals surface area (Å²) in [5, 5.41) is 5.57. The van der Waals surface area contributed by atoms with Gasteiger partial charge in [-0.3, -0.25) is 14.5 Å². The van der Waals surface area contributed by atoms with Gasteiger partial charge in [-0.25, -0.2) is 4.39 Å². The van der Waals surface area contributed by atoms with E-state index in [1.807, 2.05) is 41.1 Å². The normalized spacial score (nSPS) is 16.0. The van der Waals surface area contributed by atoms with Crippen LogP contribution in [0.25, 0.3) is 22.2 Å². The first kappa shape index (κ1) is 20.9. The predicted molar refractivity (Wildman–Crippen MR) is 124 cm³/mol. The smallest absolute Gasteiger partial charge is 0.246 e. The number of carbonyl (C=O) groups is 1. The standard InChI is InChI=1S/C26H23FN4O2/c1-2-25(32)30-14-6-7-18(17-30)31-24-12-13-28-16-22(24)26(29-31)21-11-10-20(15-23(21)27)33-19-8-4-3-5-9-19/h2-5,8-13,15-16,18H,1,6-7,14,17H2/t18-/m1/s1. The van der Waals surface area contributed by atoms with Crippen molar-refractivity contribution in [2.75, 3.05) is 13.1 Å². The van der Waals surface area contributed by atoms with Crippen molar-refractivity contribution in [2.24, 2.45) is 0 Å². The van der Waals surface area contributed by atoms with E-state index in [0.29, 0.717) is 35.8 Å². The van der Waals surface area contributed by atoms with E-state index in [0.717, 1.165) is 23.7 Å². The Morgan fingerprint density at radius 2 is 2.00 bits per heavy atom. The quantitative estimate of drug-likeness (QED) is 0.390. The van der Waals surface area contributed by atoms with Gasteiger partial charge in [-0.1, -0.05) is 24.8 Å². The lowest BCUT2D eigenvalue weighted by molar-refractivity contribution is -0.127. The van der Waals surface area contributed by atoms with Gasteiger partial charge in [0.25, 0.3) is 0 Å². The second kappa shape index (κ2) is 8.86.